The highest BCUT2D eigenvalue weighted by atomic mass is 16.5. The summed E-state index contributed by atoms with van der Waals surface area (Å²) in [7, 11) is 1.28. The molecule has 0 bridgehead atoms. The van der Waals surface area contributed by atoms with Crippen LogP contribution in [-0.2, 0) is 25.7 Å². The number of hydrogen-bond acceptors (Lipinski definition) is 5. The molecule has 0 saturated heterocycles. The van der Waals surface area contributed by atoms with Crippen molar-refractivity contribution >= 4 is 18.0 Å². The molecule has 1 aromatic rings. The van der Waals surface area contributed by atoms with Gasteiger partial charge in [-0.3, -0.25) is 4.79 Å². The maximum atomic E-state index is 12.7. The van der Waals surface area contributed by atoms with Gasteiger partial charge in [0.05, 0.1) is 7.11 Å². The number of carbonyl (C=O) groups is 3. The minimum Gasteiger partial charge on any atom is -0.467 e. The number of amides is 2. The van der Waals surface area contributed by atoms with Crippen LogP contribution in [0.15, 0.2) is 30.3 Å². The van der Waals surface area contributed by atoms with Crippen LogP contribution in [0.1, 0.15) is 45.6 Å². The second-order valence-electron chi connectivity index (χ2n) is 6.44. The Morgan fingerprint density at radius 3 is 2.30 bits per heavy atom. The first kappa shape index (κ1) is 22.5. The second-order valence-corrected chi connectivity index (χ2v) is 6.44. The van der Waals surface area contributed by atoms with E-state index in [2.05, 4.69) is 10.6 Å². The Hall–Kier alpha value is -2.57. The topological polar surface area (TPSA) is 93.7 Å². The average molecular weight is 378 g/mol. The van der Waals surface area contributed by atoms with Crippen LogP contribution in [0.25, 0.3) is 0 Å². The van der Waals surface area contributed by atoms with Gasteiger partial charge in [0.25, 0.3) is 0 Å². The first-order chi connectivity index (χ1) is 12.9. The number of esters is 1. The van der Waals surface area contributed by atoms with Crippen molar-refractivity contribution in [3.05, 3.63) is 35.9 Å². The number of alkyl carbamates (subject to hydrolysis) is 1. The maximum absolute atomic E-state index is 12.7. The molecule has 3 atom stereocenters. The van der Waals surface area contributed by atoms with E-state index in [-0.39, 0.29) is 12.5 Å². The lowest BCUT2D eigenvalue weighted by atomic mass is 9.98. The Morgan fingerprint density at radius 2 is 1.74 bits per heavy atom. The van der Waals surface area contributed by atoms with Crippen LogP contribution >= 0.6 is 0 Å². The lowest BCUT2D eigenvalue weighted by Gasteiger charge is -2.25. The molecule has 7 heteroatoms. The molecule has 2 N–H and O–H groups in total. The van der Waals surface area contributed by atoms with E-state index in [0.29, 0.717) is 19.3 Å². The molecule has 0 heterocycles. The van der Waals surface area contributed by atoms with Crippen LogP contribution in [0.2, 0.25) is 0 Å². The highest BCUT2D eigenvalue weighted by Crippen LogP contribution is 2.10. The average Bonchev–Trinajstić information content (AvgIpc) is 2.69. The molecule has 150 valence electrons. The van der Waals surface area contributed by atoms with Gasteiger partial charge in [0.1, 0.15) is 18.7 Å². The van der Waals surface area contributed by atoms with Gasteiger partial charge in [-0.25, -0.2) is 9.59 Å². The Labute approximate surface area is 160 Å². The first-order valence-electron chi connectivity index (χ1n) is 9.28. The summed E-state index contributed by atoms with van der Waals surface area (Å²) in [6.45, 7) is 5.80. The largest absolute Gasteiger partial charge is 0.467 e. The van der Waals surface area contributed by atoms with E-state index in [9.17, 15) is 14.4 Å². The zero-order valence-electron chi connectivity index (χ0n) is 16.5. The monoisotopic (exact) mass is 378 g/mol. The third-order valence-corrected chi connectivity index (χ3v) is 4.36. The Morgan fingerprint density at radius 1 is 1.07 bits per heavy atom. The van der Waals surface area contributed by atoms with Gasteiger partial charge in [0.15, 0.2) is 0 Å². The lowest BCUT2D eigenvalue weighted by molar-refractivity contribution is -0.145. The molecule has 27 heavy (non-hydrogen) atoms. The fourth-order valence-electron chi connectivity index (χ4n) is 2.54. The molecule has 2 amide bonds. The highest BCUT2D eigenvalue weighted by Gasteiger charge is 2.30. The Bertz CT molecular complexity index is 606. The van der Waals surface area contributed by atoms with Crippen LogP contribution in [-0.4, -0.2) is 37.2 Å². The van der Waals surface area contributed by atoms with Gasteiger partial charge in [-0.1, -0.05) is 63.9 Å². The fourth-order valence-corrected chi connectivity index (χ4v) is 2.54. The molecule has 1 aromatic carbocycles. The molecule has 0 aromatic heterocycles. The molecule has 0 saturated carbocycles. The van der Waals surface area contributed by atoms with Crippen molar-refractivity contribution in [3.8, 4) is 0 Å². The molecule has 0 spiro atoms. The van der Waals surface area contributed by atoms with Gasteiger partial charge in [0, 0.05) is 0 Å². The molecule has 0 aliphatic heterocycles. The Balaban J connectivity index is 2.71. The third-order valence-electron chi connectivity index (χ3n) is 4.36. The highest BCUT2D eigenvalue weighted by molar-refractivity contribution is 5.89. The van der Waals surface area contributed by atoms with Gasteiger partial charge in [-0.15, -0.1) is 0 Å². The number of hydrogen-bond donors (Lipinski definition) is 2. The molecule has 2 unspecified atom stereocenters. The first-order valence-corrected chi connectivity index (χ1v) is 9.28. The van der Waals surface area contributed by atoms with Gasteiger partial charge in [-0.2, -0.15) is 0 Å². The quantitative estimate of drug-likeness (QED) is 0.611. The molecular formula is C20H30N2O5. The minimum absolute atomic E-state index is 0.113. The normalized spacial score (nSPS) is 13.8. The van der Waals surface area contributed by atoms with Crippen molar-refractivity contribution < 1.29 is 23.9 Å². The molecule has 0 aliphatic carbocycles. The third kappa shape index (κ3) is 7.68. The van der Waals surface area contributed by atoms with Crippen molar-refractivity contribution in [2.75, 3.05) is 7.11 Å². The lowest BCUT2D eigenvalue weighted by Crippen LogP contribution is -2.54. The van der Waals surface area contributed by atoms with E-state index in [0.717, 1.165) is 5.56 Å². The number of nitrogens with one attached hydrogen (secondary N) is 2. The van der Waals surface area contributed by atoms with Crippen LogP contribution in [0.3, 0.4) is 0 Å². The zero-order valence-corrected chi connectivity index (χ0v) is 16.5. The van der Waals surface area contributed by atoms with E-state index in [1.54, 1.807) is 0 Å². The van der Waals surface area contributed by atoms with Crippen molar-refractivity contribution in [3.63, 3.8) is 0 Å². The summed E-state index contributed by atoms with van der Waals surface area (Å²) < 4.78 is 9.94. The number of methoxy groups -OCH3 is 1. The summed E-state index contributed by atoms with van der Waals surface area (Å²) >= 11 is 0. The van der Waals surface area contributed by atoms with Crippen LogP contribution in [0, 0.1) is 5.92 Å². The second kappa shape index (κ2) is 11.9. The molecule has 0 aliphatic rings. The molecule has 0 radical (unpaired) electrons. The van der Waals surface area contributed by atoms with E-state index in [1.165, 1.54) is 7.11 Å². The SMILES string of the molecule is CCC[C@H](NC(=O)C(NC(=O)OCc1ccccc1)C(C)CC)C(=O)OC. The molecule has 7 nitrogen and oxygen atoms in total. The number of carbonyl (C=O) groups excluding carboxylic acids is 3. The summed E-state index contributed by atoms with van der Waals surface area (Å²) in [6.07, 6.45) is 1.17. The molecular weight excluding hydrogens is 348 g/mol. The van der Waals surface area contributed by atoms with E-state index in [1.807, 2.05) is 51.1 Å². The standard InChI is InChI=1S/C20H30N2O5/c1-5-10-16(19(24)26-4)21-18(23)17(14(3)6-2)22-20(25)27-13-15-11-8-7-9-12-15/h7-9,11-12,14,16-17H,5-6,10,13H2,1-4H3,(H,21,23)(H,22,25)/t14?,16-,17?/m0/s1. The summed E-state index contributed by atoms with van der Waals surface area (Å²) in [6, 6.07) is 7.74. The predicted octanol–water partition coefficient (Wildman–Crippen LogP) is 2.79. The van der Waals surface area contributed by atoms with Crippen molar-refractivity contribution in [1.82, 2.24) is 10.6 Å². The summed E-state index contributed by atoms with van der Waals surface area (Å²) in [5, 5.41) is 5.30. The summed E-state index contributed by atoms with van der Waals surface area (Å²) in [4.78, 5) is 36.6. The van der Waals surface area contributed by atoms with Gasteiger partial charge < -0.3 is 20.1 Å². The molecule has 0 fully saturated rings. The van der Waals surface area contributed by atoms with Crippen molar-refractivity contribution in [2.45, 2.75) is 58.7 Å². The summed E-state index contributed by atoms with van der Waals surface area (Å²) in [5.74, 6) is -1.06. The van der Waals surface area contributed by atoms with Crippen molar-refractivity contribution in [1.29, 1.82) is 0 Å². The van der Waals surface area contributed by atoms with E-state index >= 15 is 0 Å². The van der Waals surface area contributed by atoms with Crippen LogP contribution < -0.4 is 10.6 Å². The van der Waals surface area contributed by atoms with Gasteiger partial charge >= 0.3 is 12.1 Å². The minimum atomic E-state index is -0.803. The van der Waals surface area contributed by atoms with Gasteiger partial charge in [-0.05, 0) is 17.9 Å². The number of rotatable bonds is 10. The van der Waals surface area contributed by atoms with Crippen molar-refractivity contribution in [2.24, 2.45) is 5.92 Å². The Kier molecular flexibility index (Phi) is 9.93. The fraction of sp³-hybridized carbons (Fsp3) is 0.550. The number of benzene rings is 1. The maximum Gasteiger partial charge on any atom is 0.408 e. The van der Waals surface area contributed by atoms with E-state index < -0.39 is 30.1 Å². The zero-order chi connectivity index (χ0) is 20.2. The van der Waals surface area contributed by atoms with E-state index in [4.69, 9.17) is 9.47 Å². The smallest absolute Gasteiger partial charge is 0.408 e. The molecule has 1 rings (SSSR count). The predicted molar refractivity (Wildman–Crippen MR) is 102 cm³/mol. The van der Waals surface area contributed by atoms with Gasteiger partial charge in [0.2, 0.25) is 5.91 Å². The number of ether oxygens (including phenoxy) is 2. The van der Waals surface area contributed by atoms with Crippen LogP contribution in [0.4, 0.5) is 4.79 Å². The van der Waals surface area contributed by atoms with Crippen LogP contribution in [0.5, 0.6) is 0 Å². The summed E-state index contributed by atoms with van der Waals surface area (Å²) in [5.41, 5.74) is 0.853.